The highest BCUT2D eigenvalue weighted by Gasteiger charge is 2.54. The minimum atomic E-state index is -0.334. The Bertz CT molecular complexity index is 1230. The normalized spacial score (nSPS) is 23.8. The number of hydrogen-bond acceptors (Lipinski definition) is 5. The SMILES string of the molecule is COc1ccc(COc2ccc3c(c2Cc2ccc(OC)cc2)O[C@]2(C)CC[C@@H](O)C(C)(C)[C@H]2C3)cc1. The Labute approximate surface area is 220 Å². The lowest BCUT2D eigenvalue weighted by atomic mass is 9.57. The van der Waals surface area contributed by atoms with E-state index < -0.39 is 0 Å². The van der Waals surface area contributed by atoms with Crippen molar-refractivity contribution in [3.05, 3.63) is 82.9 Å². The fourth-order valence-electron chi connectivity index (χ4n) is 6.12. The van der Waals surface area contributed by atoms with E-state index in [0.29, 0.717) is 13.0 Å². The molecule has 1 aliphatic heterocycles. The summed E-state index contributed by atoms with van der Waals surface area (Å²) in [6.45, 7) is 7.03. The minimum absolute atomic E-state index is 0.218. The molecular weight excluding hydrogens is 464 g/mol. The van der Waals surface area contributed by atoms with Crippen LogP contribution in [0.5, 0.6) is 23.0 Å². The van der Waals surface area contributed by atoms with E-state index in [0.717, 1.165) is 53.4 Å². The highest BCUT2D eigenvalue weighted by atomic mass is 16.5. The average Bonchev–Trinajstić information content (AvgIpc) is 2.91. The molecule has 0 spiro atoms. The van der Waals surface area contributed by atoms with Gasteiger partial charge in [0.15, 0.2) is 0 Å². The van der Waals surface area contributed by atoms with E-state index in [-0.39, 0.29) is 23.0 Å². The number of aliphatic hydroxyl groups excluding tert-OH is 1. The lowest BCUT2D eigenvalue weighted by Crippen LogP contribution is -2.58. The summed E-state index contributed by atoms with van der Waals surface area (Å²) in [6.07, 6.45) is 2.83. The molecule has 0 unspecified atom stereocenters. The Morgan fingerprint density at radius 2 is 1.49 bits per heavy atom. The van der Waals surface area contributed by atoms with Crippen LogP contribution in [-0.4, -0.2) is 31.0 Å². The van der Waals surface area contributed by atoms with E-state index in [4.69, 9.17) is 18.9 Å². The zero-order chi connectivity index (χ0) is 26.2. The standard InChI is InChI=1S/C32H38O5/c1-31(2)28-19-23-10-15-27(36-20-22-8-13-25(35-5)14-9-22)26(18-21-6-11-24(34-4)12-7-21)30(23)37-32(28,3)17-16-29(31)33/h6-15,28-29,33H,16-20H2,1-5H3/t28-,29-,32-/m1/s1. The molecule has 1 fully saturated rings. The lowest BCUT2D eigenvalue weighted by Gasteiger charge is -2.55. The number of rotatable bonds is 7. The first-order valence-corrected chi connectivity index (χ1v) is 13.1. The van der Waals surface area contributed by atoms with Crippen molar-refractivity contribution in [1.29, 1.82) is 0 Å². The first kappa shape index (κ1) is 25.5. The number of ether oxygens (including phenoxy) is 4. The fourth-order valence-corrected chi connectivity index (χ4v) is 6.12. The molecule has 0 saturated heterocycles. The van der Waals surface area contributed by atoms with Crippen LogP contribution in [0.15, 0.2) is 60.7 Å². The third kappa shape index (κ3) is 4.89. The maximum atomic E-state index is 10.8. The van der Waals surface area contributed by atoms with Crippen LogP contribution >= 0.6 is 0 Å². The number of hydrogen-bond donors (Lipinski definition) is 1. The van der Waals surface area contributed by atoms with Gasteiger partial charge in [-0.25, -0.2) is 0 Å². The van der Waals surface area contributed by atoms with Gasteiger partial charge in [0.05, 0.1) is 20.3 Å². The van der Waals surface area contributed by atoms with Gasteiger partial charge in [0.25, 0.3) is 0 Å². The van der Waals surface area contributed by atoms with Crippen molar-refractivity contribution in [3.63, 3.8) is 0 Å². The Morgan fingerprint density at radius 3 is 2.11 bits per heavy atom. The maximum Gasteiger partial charge on any atom is 0.130 e. The van der Waals surface area contributed by atoms with Crippen LogP contribution in [0.25, 0.3) is 0 Å². The van der Waals surface area contributed by atoms with Gasteiger partial charge in [-0.3, -0.25) is 0 Å². The van der Waals surface area contributed by atoms with E-state index in [1.165, 1.54) is 11.1 Å². The molecule has 1 saturated carbocycles. The average molecular weight is 503 g/mol. The predicted octanol–water partition coefficient (Wildman–Crippen LogP) is 6.36. The summed E-state index contributed by atoms with van der Waals surface area (Å²) >= 11 is 0. The number of methoxy groups -OCH3 is 2. The zero-order valence-electron chi connectivity index (χ0n) is 22.5. The van der Waals surface area contributed by atoms with Gasteiger partial charge in [-0.05, 0) is 78.6 Å². The van der Waals surface area contributed by atoms with Crippen molar-refractivity contribution < 1.29 is 24.1 Å². The summed E-state index contributed by atoms with van der Waals surface area (Å²) in [5.41, 5.74) is 3.94. The molecule has 37 heavy (non-hydrogen) atoms. The molecule has 5 rings (SSSR count). The highest BCUT2D eigenvalue weighted by molar-refractivity contribution is 5.54. The van der Waals surface area contributed by atoms with Gasteiger partial charge >= 0.3 is 0 Å². The van der Waals surface area contributed by atoms with Gasteiger partial charge in [0.1, 0.15) is 35.2 Å². The maximum absolute atomic E-state index is 10.8. The largest absolute Gasteiger partial charge is 0.497 e. The topological polar surface area (TPSA) is 57.2 Å². The molecule has 1 heterocycles. The molecule has 3 aromatic carbocycles. The van der Waals surface area contributed by atoms with Crippen molar-refractivity contribution in [2.45, 2.75) is 64.8 Å². The van der Waals surface area contributed by atoms with Gasteiger partial charge in [-0.15, -0.1) is 0 Å². The second kappa shape index (κ2) is 9.94. The van der Waals surface area contributed by atoms with Crippen LogP contribution in [0.3, 0.4) is 0 Å². The van der Waals surface area contributed by atoms with E-state index in [1.807, 2.05) is 36.4 Å². The molecule has 1 N–H and O–H groups in total. The van der Waals surface area contributed by atoms with Gasteiger partial charge in [-0.1, -0.05) is 44.2 Å². The lowest BCUT2D eigenvalue weighted by molar-refractivity contribution is -0.138. The molecule has 0 radical (unpaired) electrons. The Kier molecular flexibility index (Phi) is 6.84. The van der Waals surface area contributed by atoms with E-state index in [9.17, 15) is 5.11 Å². The second-order valence-electron chi connectivity index (χ2n) is 11.2. The molecule has 5 heteroatoms. The van der Waals surface area contributed by atoms with Crippen molar-refractivity contribution in [1.82, 2.24) is 0 Å². The molecular formula is C32H38O5. The molecule has 3 atom stereocenters. The van der Waals surface area contributed by atoms with Gasteiger partial charge < -0.3 is 24.1 Å². The first-order chi connectivity index (χ1) is 17.7. The Hall–Kier alpha value is -3.18. The molecule has 0 amide bonds. The van der Waals surface area contributed by atoms with Crippen molar-refractivity contribution in [2.75, 3.05) is 14.2 Å². The van der Waals surface area contributed by atoms with Crippen LogP contribution in [0.2, 0.25) is 0 Å². The minimum Gasteiger partial charge on any atom is -0.497 e. The van der Waals surface area contributed by atoms with Crippen molar-refractivity contribution in [2.24, 2.45) is 11.3 Å². The highest BCUT2D eigenvalue weighted by Crippen LogP contribution is 2.54. The second-order valence-corrected chi connectivity index (χ2v) is 11.2. The summed E-state index contributed by atoms with van der Waals surface area (Å²) in [6, 6.07) is 20.4. The molecule has 196 valence electrons. The molecule has 2 aliphatic rings. The smallest absolute Gasteiger partial charge is 0.130 e. The quantitative estimate of drug-likeness (QED) is 0.407. The van der Waals surface area contributed by atoms with Crippen molar-refractivity contribution >= 4 is 0 Å². The van der Waals surface area contributed by atoms with Crippen molar-refractivity contribution in [3.8, 4) is 23.0 Å². The number of fused-ring (bicyclic) bond motifs is 2. The number of aliphatic hydroxyl groups is 1. The summed E-state index contributed by atoms with van der Waals surface area (Å²) in [5, 5.41) is 10.8. The Morgan fingerprint density at radius 1 is 0.865 bits per heavy atom. The zero-order valence-corrected chi connectivity index (χ0v) is 22.5. The first-order valence-electron chi connectivity index (χ1n) is 13.1. The third-order valence-electron chi connectivity index (χ3n) is 8.56. The van der Waals surface area contributed by atoms with Crippen LogP contribution in [-0.2, 0) is 19.4 Å². The molecule has 3 aromatic rings. The summed E-state index contributed by atoms with van der Waals surface area (Å²) in [5.74, 6) is 3.67. The van der Waals surface area contributed by atoms with Crippen LogP contribution in [0.4, 0.5) is 0 Å². The van der Waals surface area contributed by atoms with Gasteiger partial charge in [0.2, 0.25) is 0 Å². The summed E-state index contributed by atoms with van der Waals surface area (Å²) < 4.78 is 24.0. The summed E-state index contributed by atoms with van der Waals surface area (Å²) in [7, 11) is 3.35. The number of benzene rings is 3. The monoisotopic (exact) mass is 502 g/mol. The molecule has 0 aromatic heterocycles. The molecule has 1 aliphatic carbocycles. The van der Waals surface area contributed by atoms with E-state index >= 15 is 0 Å². The predicted molar refractivity (Wildman–Crippen MR) is 145 cm³/mol. The molecule has 0 bridgehead atoms. The van der Waals surface area contributed by atoms with E-state index in [1.54, 1.807) is 14.2 Å². The van der Waals surface area contributed by atoms with Crippen LogP contribution < -0.4 is 18.9 Å². The van der Waals surface area contributed by atoms with Gasteiger partial charge in [0, 0.05) is 17.9 Å². The molecule has 5 nitrogen and oxygen atoms in total. The summed E-state index contributed by atoms with van der Waals surface area (Å²) in [4.78, 5) is 0. The third-order valence-corrected chi connectivity index (χ3v) is 8.56. The van der Waals surface area contributed by atoms with Gasteiger partial charge in [-0.2, -0.15) is 0 Å². The van der Waals surface area contributed by atoms with Crippen LogP contribution in [0, 0.1) is 11.3 Å². The fraction of sp³-hybridized carbons (Fsp3) is 0.438. The Balaban J connectivity index is 1.51. The van der Waals surface area contributed by atoms with E-state index in [2.05, 4.69) is 45.0 Å². The van der Waals surface area contributed by atoms with Crippen LogP contribution in [0.1, 0.15) is 55.9 Å².